The van der Waals surface area contributed by atoms with Gasteiger partial charge in [0.2, 0.25) is 0 Å². The highest BCUT2D eigenvalue weighted by Gasteiger charge is 2.45. The van der Waals surface area contributed by atoms with Crippen LogP contribution in [-0.4, -0.2) is 36.1 Å². The Balaban J connectivity index is 1.81. The summed E-state index contributed by atoms with van der Waals surface area (Å²) in [5.74, 6) is 0.0500. The molecular formula is C10H10BrNO3. The molecule has 2 aliphatic rings. The smallest absolute Gasteiger partial charge is 0.257 e. The average molecular weight is 272 g/mol. The van der Waals surface area contributed by atoms with Gasteiger partial charge >= 0.3 is 0 Å². The Kier molecular flexibility index (Phi) is 2.10. The summed E-state index contributed by atoms with van der Waals surface area (Å²) >= 11 is 3.19. The zero-order chi connectivity index (χ0) is 10.4. The van der Waals surface area contributed by atoms with Crippen LogP contribution in [-0.2, 0) is 4.74 Å². The molecule has 1 aromatic rings. The van der Waals surface area contributed by atoms with E-state index in [0.29, 0.717) is 23.4 Å². The number of rotatable bonds is 1. The number of carbonyl (C=O) groups is 1. The third-order valence-electron chi connectivity index (χ3n) is 3.00. The molecule has 2 bridgehead atoms. The lowest BCUT2D eigenvalue weighted by Crippen LogP contribution is -2.65. The minimum atomic E-state index is 0.0500. The second-order valence-electron chi connectivity index (χ2n) is 3.93. The van der Waals surface area contributed by atoms with Crippen molar-refractivity contribution < 1.29 is 13.9 Å². The van der Waals surface area contributed by atoms with E-state index in [2.05, 4.69) is 15.9 Å². The van der Waals surface area contributed by atoms with Gasteiger partial charge < -0.3 is 14.1 Å². The van der Waals surface area contributed by atoms with Crippen LogP contribution >= 0.6 is 15.9 Å². The predicted molar refractivity (Wildman–Crippen MR) is 55.6 cm³/mol. The van der Waals surface area contributed by atoms with Crippen molar-refractivity contribution in [3.05, 3.63) is 22.6 Å². The maximum absolute atomic E-state index is 12.0. The Morgan fingerprint density at radius 2 is 2.20 bits per heavy atom. The first-order chi connectivity index (χ1) is 7.25. The molecular weight excluding hydrogens is 262 g/mol. The van der Waals surface area contributed by atoms with E-state index in [1.165, 1.54) is 6.26 Å². The lowest BCUT2D eigenvalue weighted by molar-refractivity contribution is -0.104. The molecule has 2 saturated heterocycles. The summed E-state index contributed by atoms with van der Waals surface area (Å²) in [6.45, 7) is 1.34. The van der Waals surface area contributed by atoms with Crippen molar-refractivity contribution >= 4 is 21.8 Å². The highest BCUT2D eigenvalue weighted by Crippen LogP contribution is 2.32. The van der Waals surface area contributed by atoms with Crippen LogP contribution in [0.4, 0.5) is 0 Å². The van der Waals surface area contributed by atoms with Crippen molar-refractivity contribution in [3.8, 4) is 0 Å². The fourth-order valence-corrected chi connectivity index (χ4v) is 2.58. The zero-order valence-corrected chi connectivity index (χ0v) is 9.57. The molecule has 0 N–H and O–H groups in total. The van der Waals surface area contributed by atoms with Crippen molar-refractivity contribution in [2.45, 2.75) is 18.5 Å². The Bertz CT molecular complexity index is 389. The Morgan fingerprint density at radius 1 is 1.47 bits per heavy atom. The molecule has 2 fully saturated rings. The number of carbonyl (C=O) groups excluding carboxylic acids is 1. The molecule has 4 nitrogen and oxygen atoms in total. The fraction of sp³-hybridized carbons (Fsp3) is 0.500. The van der Waals surface area contributed by atoms with Gasteiger partial charge in [0.25, 0.3) is 5.91 Å². The summed E-state index contributed by atoms with van der Waals surface area (Å²) in [6.07, 6.45) is 2.56. The van der Waals surface area contributed by atoms with E-state index in [4.69, 9.17) is 9.15 Å². The molecule has 0 saturated carbocycles. The van der Waals surface area contributed by atoms with Crippen molar-refractivity contribution in [1.82, 2.24) is 4.90 Å². The number of hydrogen-bond donors (Lipinski definition) is 0. The lowest BCUT2D eigenvalue weighted by Gasteiger charge is -2.52. The molecule has 2 atom stereocenters. The first-order valence-electron chi connectivity index (χ1n) is 4.90. The topological polar surface area (TPSA) is 42.7 Å². The standard InChI is InChI=1S/C10H10BrNO3/c11-9-1-6(3-15-9)10(13)12-7-2-8(12)5-14-4-7/h1,3,7-8H,2,4-5H2. The molecule has 0 aliphatic carbocycles. The second-order valence-corrected chi connectivity index (χ2v) is 4.71. The van der Waals surface area contributed by atoms with Crippen molar-refractivity contribution in [2.24, 2.45) is 0 Å². The van der Waals surface area contributed by atoms with E-state index in [-0.39, 0.29) is 18.0 Å². The molecule has 1 aromatic heterocycles. The summed E-state index contributed by atoms with van der Waals surface area (Å²) in [4.78, 5) is 13.9. The van der Waals surface area contributed by atoms with Crippen LogP contribution in [0.25, 0.3) is 0 Å². The van der Waals surface area contributed by atoms with Gasteiger partial charge in [0.15, 0.2) is 4.67 Å². The number of hydrogen-bond acceptors (Lipinski definition) is 3. The molecule has 3 rings (SSSR count). The quantitative estimate of drug-likeness (QED) is 0.780. The maximum atomic E-state index is 12.0. The summed E-state index contributed by atoms with van der Waals surface area (Å²) in [5.41, 5.74) is 0.610. The van der Waals surface area contributed by atoms with E-state index in [1.54, 1.807) is 6.07 Å². The van der Waals surface area contributed by atoms with Gasteiger partial charge in [-0.3, -0.25) is 4.79 Å². The number of furan rings is 1. The van der Waals surface area contributed by atoms with E-state index >= 15 is 0 Å². The molecule has 0 spiro atoms. The first kappa shape index (κ1) is 9.42. The van der Waals surface area contributed by atoms with E-state index in [1.807, 2.05) is 4.90 Å². The van der Waals surface area contributed by atoms with Crippen LogP contribution in [0, 0.1) is 0 Å². The molecule has 2 aliphatic heterocycles. The predicted octanol–water partition coefficient (Wildman–Crippen LogP) is 1.66. The van der Waals surface area contributed by atoms with Gasteiger partial charge in [-0.05, 0) is 22.4 Å². The van der Waals surface area contributed by atoms with Gasteiger partial charge in [0, 0.05) is 6.07 Å². The molecule has 5 heteroatoms. The van der Waals surface area contributed by atoms with E-state index in [9.17, 15) is 4.79 Å². The highest BCUT2D eigenvalue weighted by molar-refractivity contribution is 9.10. The second kappa shape index (κ2) is 3.35. The summed E-state index contributed by atoms with van der Waals surface area (Å²) < 4.78 is 11.0. The van der Waals surface area contributed by atoms with E-state index < -0.39 is 0 Å². The number of nitrogens with zero attached hydrogens (tertiary/aromatic N) is 1. The SMILES string of the molecule is O=C(c1coc(Br)c1)N1C2COCC1C2. The molecule has 0 aromatic carbocycles. The number of amides is 1. The monoisotopic (exact) mass is 271 g/mol. The molecule has 0 radical (unpaired) electrons. The minimum Gasteiger partial charge on any atom is -0.457 e. The number of halogens is 1. The molecule has 2 unspecified atom stereocenters. The van der Waals surface area contributed by atoms with Crippen LogP contribution in [0.1, 0.15) is 16.8 Å². The maximum Gasteiger partial charge on any atom is 0.257 e. The largest absolute Gasteiger partial charge is 0.457 e. The third-order valence-corrected chi connectivity index (χ3v) is 3.42. The van der Waals surface area contributed by atoms with Crippen molar-refractivity contribution in [2.75, 3.05) is 13.2 Å². The summed E-state index contributed by atoms with van der Waals surface area (Å²) in [7, 11) is 0. The van der Waals surface area contributed by atoms with Crippen LogP contribution < -0.4 is 0 Å². The normalized spacial score (nSPS) is 28.7. The van der Waals surface area contributed by atoms with Gasteiger partial charge in [-0.15, -0.1) is 0 Å². The third kappa shape index (κ3) is 1.41. The fourth-order valence-electron chi connectivity index (χ4n) is 2.24. The van der Waals surface area contributed by atoms with E-state index in [0.717, 1.165) is 6.42 Å². The van der Waals surface area contributed by atoms with Gasteiger partial charge in [0.05, 0.1) is 30.9 Å². The average Bonchev–Trinajstić information content (AvgIpc) is 2.66. The van der Waals surface area contributed by atoms with Gasteiger partial charge in [-0.2, -0.15) is 0 Å². The molecule has 3 heterocycles. The first-order valence-corrected chi connectivity index (χ1v) is 5.69. The van der Waals surface area contributed by atoms with Crippen molar-refractivity contribution in [3.63, 3.8) is 0 Å². The Morgan fingerprint density at radius 3 is 2.73 bits per heavy atom. The van der Waals surface area contributed by atoms with Gasteiger partial charge in [0.1, 0.15) is 6.26 Å². The summed E-state index contributed by atoms with van der Waals surface area (Å²) in [6, 6.07) is 2.24. The molecule has 80 valence electrons. The number of fused-ring (bicyclic) bond motifs is 2. The summed E-state index contributed by atoms with van der Waals surface area (Å²) in [5, 5.41) is 0. The zero-order valence-electron chi connectivity index (χ0n) is 7.98. The number of ether oxygens (including phenoxy) is 1. The highest BCUT2D eigenvalue weighted by atomic mass is 79.9. The van der Waals surface area contributed by atoms with Crippen LogP contribution in [0.2, 0.25) is 0 Å². The Labute approximate surface area is 95.3 Å². The Hall–Kier alpha value is -0.810. The number of morpholine rings is 1. The van der Waals surface area contributed by atoms with Gasteiger partial charge in [-0.1, -0.05) is 0 Å². The molecule has 1 amide bonds. The molecule has 15 heavy (non-hydrogen) atoms. The lowest BCUT2D eigenvalue weighted by atomic mass is 9.90. The van der Waals surface area contributed by atoms with Crippen LogP contribution in [0.5, 0.6) is 0 Å². The van der Waals surface area contributed by atoms with Crippen LogP contribution in [0.15, 0.2) is 21.4 Å². The van der Waals surface area contributed by atoms with Gasteiger partial charge in [-0.25, -0.2) is 0 Å². The minimum absolute atomic E-state index is 0.0500. The van der Waals surface area contributed by atoms with Crippen molar-refractivity contribution in [1.29, 1.82) is 0 Å². The van der Waals surface area contributed by atoms with Crippen LogP contribution in [0.3, 0.4) is 0 Å².